The van der Waals surface area contributed by atoms with Gasteiger partial charge in [0.25, 0.3) is 0 Å². The molecule has 3 N–H and O–H groups in total. The molecule has 0 bridgehead atoms. The van der Waals surface area contributed by atoms with E-state index >= 15 is 0 Å². The van der Waals surface area contributed by atoms with Crippen molar-refractivity contribution in [3.63, 3.8) is 0 Å². The van der Waals surface area contributed by atoms with E-state index in [9.17, 15) is 0 Å². The fourth-order valence-corrected chi connectivity index (χ4v) is 1.28. The monoisotopic (exact) mass is 191 g/mol. The van der Waals surface area contributed by atoms with Gasteiger partial charge in [0.2, 0.25) is 0 Å². The number of nitrogens with two attached hydrogens (primary N) is 1. The minimum atomic E-state index is 0.259. The molecule has 1 aromatic rings. The molecule has 0 aliphatic rings. The Kier molecular flexibility index (Phi) is 4.97. The number of aryl methyl sites for hydroxylation is 1. The summed E-state index contributed by atoms with van der Waals surface area (Å²) >= 11 is 0. The SMILES string of the molecule is NC/C=C/c1ccc(CCCO)cc1. The van der Waals surface area contributed by atoms with Crippen molar-refractivity contribution in [2.24, 2.45) is 5.73 Å². The van der Waals surface area contributed by atoms with Gasteiger partial charge in [0.15, 0.2) is 0 Å². The van der Waals surface area contributed by atoms with Crippen LogP contribution < -0.4 is 5.73 Å². The first-order valence-electron chi connectivity index (χ1n) is 4.93. The molecule has 0 aliphatic heterocycles. The predicted octanol–water partition coefficient (Wildman–Crippen LogP) is 1.58. The Balaban J connectivity index is 2.54. The second-order valence-corrected chi connectivity index (χ2v) is 3.21. The highest BCUT2D eigenvalue weighted by Gasteiger charge is 1.92. The van der Waals surface area contributed by atoms with Crippen LogP contribution in [0, 0.1) is 0 Å². The Labute approximate surface area is 85.1 Å². The third kappa shape index (κ3) is 3.73. The molecule has 0 atom stereocenters. The molecule has 0 aromatic heterocycles. The number of rotatable bonds is 5. The van der Waals surface area contributed by atoms with Gasteiger partial charge in [0.1, 0.15) is 0 Å². The second kappa shape index (κ2) is 6.35. The number of aliphatic hydroxyl groups is 1. The summed E-state index contributed by atoms with van der Waals surface area (Å²) in [6, 6.07) is 8.31. The highest BCUT2D eigenvalue weighted by molar-refractivity contribution is 5.49. The van der Waals surface area contributed by atoms with Crippen molar-refractivity contribution in [1.82, 2.24) is 0 Å². The zero-order valence-electron chi connectivity index (χ0n) is 8.32. The third-order valence-electron chi connectivity index (χ3n) is 2.05. The maximum Gasteiger partial charge on any atom is 0.0434 e. The molecule has 0 radical (unpaired) electrons. The van der Waals surface area contributed by atoms with E-state index in [0.29, 0.717) is 6.54 Å². The van der Waals surface area contributed by atoms with Crippen LogP contribution in [0.15, 0.2) is 30.3 Å². The Hall–Kier alpha value is -1.12. The van der Waals surface area contributed by atoms with Gasteiger partial charge in [-0.3, -0.25) is 0 Å². The average molecular weight is 191 g/mol. The molecule has 2 nitrogen and oxygen atoms in total. The molecule has 1 aromatic carbocycles. The summed E-state index contributed by atoms with van der Waals surface area (Å²) in [4.78, 5) is 0. The third-order valence-corrected chi connectivity index (χ3v) is 2.05. The molecule has 2 heteroatoms. The number of hydrogen-bond acceptors (Lipinski definition) is 2. The minimum Gasteiger partial charge on any atom is -0.396 e. The van der Waals surface area contributed by atoms with Crippen LogP contribution in [-0.4, -0.2) is 18.3 Å². The molecule has 76 valence electrons. The van der Waals surface area contributed by atoms with Gasteiger partial charge >= 0.3 is 0 Å². The lowest BCUT2D eigenvalue weighted by atomic mass is 10.1. The smallest absolute Gasteiger partial charge is 0.0434 e. The van der Waals surface area contributed by atoms with Gasteiger partial charge in [-0.1, -0.05) is 36.4 Å². The lowest BCUT2D eigenvalue weighted by molar-refractivity contribution is 0.288. The van der Waals surface area contributed by atoms with Crippen LogP contribution in [0.25, 0.3) is 6.08 Å². The minimum absolute atomic E-state index is 0.259. The Bertz CT molecular complexity index is 277. The van der Waals surface area contributed by atoms with Crippen LogP contribution in [0.3, 0.4) is 0 Å². The summed E-state index contributed by atoms with van der Waals surface area (Å²) in [6.07, 6.45) is 5.72. The van der Waals surface area contributed by atoms with Crippen LogP contribution in [0.1, 0.15) is 17.5 Å². The van der Waals surface area contributed by atoms with Crippen molar-refractivity contribution in [3.8, 4) is 0 Å². The standard InChI is InChI=1S/C12H17NO/c13-9-1-3-11-5-7-12(8-6-11)4-2-10-14/h1,3,5-8,14H,2,4,9-10,13H2/b3-1+. The van der Waals surface area contributed by atoms with Crippen LogP contribution >= 0.6 is 0 Å². The highest BCUT2D eigenvalue weighted by atomic mass is 16.2. The van der Waals surface area contributed by atoms with Crippen molar-refractivity contribution in [1.29, 1.82) is 0 Å². The normalized spacial score (nSPS) is 11.0. The molecule has 14 heavy (non-hydrogen) atoms. The number of aliphatic hydroxyl groups excluding tert-OH is 1. The summed E-state index contributed by atoms with van der Waals surface area (Å²) in [5.41, 5.74) is 7.79. The lowest BCUT2D eigenvalue weighted by Crippen LogP contribution is -1.92. The van der Waals surface area contributed by atoms with Crippen molar-refractivity contribution in [3.05, 3.63) is 41.5 Å². The van der Waals surface area contributed by atoms with E-state index in [2.05, 4.69) is 24.3 Å². The average Bonchev–Trinajstić information content (AvgIpc) is 2.25. The number of benzene rings is 1. The Morgan fingerprint density at radius 1 is 1.21 bits per heavy atom. The Morgan fingerprint density at radius 2 is 1.93 bits per heavy atom. The molecule has 0 heterocycles. The quantitative estimate of drug-likeness (QED) is 0.742. The van der Waals surface area contributed by atoms with Gasteiger partial charge in [0, 0.05) is 13.2 Å². The van der Waals surface area contributed by atoms with Crippen LogP contribution in [0.5, 0.6) is 0 Å². The fourth-order valence-electron chi connectivity index (χ4n) is 1.28. The molecule has 0 unspecified atom stereocenters. The van der Waals surface area contributed by atoms with E-state index in [1.54, 1.807) is 0 Å². The molecular weight excluding hydrogens is 174 g/mol. The van der Waals surface area contributed by atoms with E-state index in [1.807, 2.05) is 12.2 Å². The second-order valence-electron chi connectivity index (χ2n) is 3.21. The largest absolute Gasteiger partial charge is 0.396 e. The molecular formula is C12H17NO. The first-order chi connectivity index (χ1) is 6.86. The van der Waals surface area contributed by atoms with Gasteiger partial charge in [-0.05, 0) is 24.0 Å². The summed E-state index contributed by atoms with van der Waals surface area (Å²) in [5, 5.41) is 8.67. The van der Waals surface area contributed by atoms with Crippen LogP contribution in [0.4, 0.5) is 0 Å². The zero-order valence-corrected chi connectivity index (χ0v) is 8.32. The van der Waals surface area contributed by atoms with Gasteiger partial charge in [0.05, 0.1) is 0 Å². The maximum atomic E-state index is 8.67. The van der Waals surface area contributed by atoms with E-state index in [4.69, 9.17) is 10.8 Å². The fraction of sp³-hybridized carbons (Fsp3) is 0.333. The topological polar surface area (TPSA) is 46.2 Å². The summed E-state index contributed by atoms with van der Waals surface area (Å²) in [7, 11) is 0. The first-order valence-corrected chi connectivity index (χ1v) is 4.93. The Morgan fingerprint density at radius 3 is 2.50 bits per heavy atom. The van der Waals surface area contributed by atoms with E-state index < -0.39 is 0 Å². The van der Waals surface area contributed by atoms with Gasteiger partial charge in [-0.15, -0.1) is 0 Å². The molecule has 0 saturated carbocycles. The van der Waals surface area contributed by atoms with Crippen molar-refractivity contribution in [2.45, 2.75) is 12.8 Å². The van der Waals surface area contributed by atoms with Gasteiger partial charge in [-0.25, -0.2) is 0 Å². The molecule has 0 spiro atoms. The summed E-state index contributed by atoms with van der Waals surface area (Å²) < 4.78 is 0. The van der Waals surface area contributed by atoms with Gasteiger partial charge in [-0.2, -0.15) is 0 Å². The zero-order chi connectivity index (χ0) is 10.2. The van der Waals surface area contributed by atoms with Crippen molar-refractivity contribution < 1.29 is 5.11 Å². The molecule has 0 fully saturated rings. The van der Waals surface area contributed by atoms with Crippen molar-refractivity contribution in [2.75, 3.05) is 13.2 Å². The molecule has 1 rings (SSSR count). The predicted molar refractivity (Wildman–Crippen MR) is 59.9 cm³/mol. The molecule has 0 amide bonds. The number of hydrogen-bond donors (Lipinski definition) is 2. The summed E-state index contributed by atoms with van der Waals surface area (Å²) in [6.45, 7) is 0.834. The lowest BCUT2D eigenvalue weighted by Gasteiger charge is -1.99. The van der Waals surface area contributed by atoms with Crippen LogP contribution in [-0.2, 0) is 6.42 Å². The molecule has 0 saturated heterocycles. The van der Waals surface area contributed by atoms with Gasteiger partial charge < -0.3 is 10.8 Å². The van der Waals surface area contributed by atoms with E-state index in [-0.39, 0.29) is 6.61 Å². The summed E-state index contributed by atoms with van der Waals surface area (Å²) in [5.74, 6) is 0. The van der Waals surface area contributed by atoms with E-state index in [1.165, 1.54) is 11.1 Å². The van der Waals surface area contributed by atoms with Crippen LogP contribution in [0.2, 0.25) is 0 Å². The highest BCUT2D eigenvalue weighted by Crippen LogP contribution is 2.07. The van der Waals surface area contributed by atoms with Crippen molar-refractivity contribution >= 4 is 6.08 Å². The molecule has 0 aliphatic carbocycles. The first kappa shape index (κ1) is 11.0. The van der Waals surface area contributed by atoms with E-state index in [0.717, 1.165) is 12.8 Å². The maximum absolute atomic E-state index is 8.67.